The van der Waals surface area contributed by atoms with E-state index in [0.717, 1.165) is 24.8 Å². The molecule has 1 aliphatic rings. The Kier molecular flexibility index (Phi) is 6.01. The van der Waals surface area contributed by atoms with Crippen molar-refractivity contribution in [1.82, 2.24) is 10.2 Å². The normalized spacial score (nSPS) is 14.7. The number of carbonyl (C=O) groups is 2. The first-order chi connectivity index (χ1) is 13.0. The summed E-state index contributed by atoms with van der Waals surface area (Å²) in [6, 6.07) is 13.3. The molecule has 140 valence electrons. The van der Waals surface area contributed by atoms with E-state index in [4.69, 9.17) is 0 Å². The highest BCUT2D eigenvalue weighted by Gasteiger charge is 2.22. The quantitative estimate of drug-likeness (QED) is 0.834. The number of likely N-dealkylation sites (tertiary alicyclic amines) is 1. The molecule has 1 N–H and O–H groups in total. The standard InChI is InChI=1S/C22H23FN2O2/c1-16-9-11-17(12-10-16)21(26)24-20(15-18-7-3-4-8-19(18)23)22(27)25-13-5-2-6-14-25/h3-4,7-12,15H,2,5-6,13-14H2,1H3,(H,24,26)/b20-15+. The minimum absolute atomic E-state index is 0.0903. The molecule has 3 rings (SSSR count). The Morgan fingerprint density at radius 3 is 2.33 bits per heavy atom. The maximum absolute atomic E-state index is 14.1. The first-order valence-corrected chi connectivity index (χ1v) is 9.18. The highest BCUT2D eigenvalue weighted by Crippen LogP contribution is 2.16. The third-order valence-corrected chi connectivity index (χ3v) is 4.64. The summed E-state index contributed by atoms with van der Waals surface area (Å²) in [5.41, 5.74) is 1.85. The summed E-state index contributed by atoms with van der Waals surface area (Å²) in [7, 11) is 0. The van der Waals surface area contributed by atoms with Crippen molar-refractivity contribution in [2.75, 3.05) is 13.1 Å². The number of piperidine rings is 1. The van der Waals surface area contributed by atoms with Gasteiger partial charge < -0.3 is 10.2 Å². The summed E-state index contributed by atoms with van der Waals surface area (Å²) in [5.74, 6) is -1.10. The molecule has 2 amide bonds. The molecule has 1 aliphatic heterocycles. The smallest absolute Gasteiger partial charge is 0.270 e. The Bertz CT molecular complexity index is 853. The van der Waals surface area contributed by atoms with Crippen molar-refractivity contribution in [3.05, 3.63) is 76.7 Å². The van der Waals surface area contributed by atoms with Crippen LogP contribution in [-0.4, -0.2) is 29.8 Å². The number of halogens is 1. The number of nitrogens with zero attached hydrogens (tertiary/aromatic N) is 1. The van der Waals surface area contributed by atoms with Crippen molar-refractivity contribution < 1.29 is 14.0 Å². The summed E-state index contributed by atoms with van der Waals surface area (Å²) in [6.45, 7) is 3.23. The van der Waals surface area contributed by atoms with E-state index in [1.807, 2.05) is 19.1 Å². The monoisotopic (exact) mass is 366 g/mol. The molecule has 0 unspecified atom stereocenters. The highest BCUT2D eigenvalue weighted by molar-refractivity contribution is 6.05. The predicted octanol–water partition coefficient (Wildman–Crippen LogP) is 3.92. The molecule has 27 heavy (non-hydrogen) atoms. The fourth-order valence-corrected chi connectivity index (χ4v) is 3.07. The van der Waals surface area contributed by atoms with Gasteiger partial charge in [-0.3, -0.25) is 9.59 Å². The molecule has 0 atom stereocenters. The van der Waals surface area contributed by atoms with Crippen LogP contribution in [0.3, 0.4) is 0 Å². The number of rotatable bonds is 4. The summed E-state index contributed by atoms with van der Waals surface area (Å²) in [6.07, 6.45) is 4.37. The van der Waals surface area contributed by atoms with Gasteiger partial charge in [0.2, 0.25) is 0 Å². The molecular weight excluding hydrogens is 343 g/mol. The van der Waals surface area contributed by atoms with Gasteiger partial charge in [0.05, 0.1) is 0 Å². The molecule has 2 aromatic carbocycles. The van der Waals surface area contributed by atoms with E-state index < -0.39 is 5.82 Å². The summed E-state index contributed by atoms with van der Waals surface area (Å²) in [5, 5.41) is 2.69. The fraction of sp³-hybridized carbons (Fsp3) is 0.273. The third kappa shape index (κ3) is 4.82. The van der Waals surface area contributed by atoms with Crippen molar-refractivity contribution in [2.24, 2.45) is 0 Å². The molecular formula is C22H23FN2O2. The molecule has 1 saturated heterocycles. The van der Waals surface area contributed by atoms with Gasteiger partial charge in [0.25, 0.3) is 11.8 Å². The molecule has 0 spiro atoms. The lowest BCUT2D eigenvalue weighted by Crippen LogP contribution is -2.41. The van der Waals surface area contributed by atoms with Crippen molar-refractivity contribution in [1.29, 1.82) is 0 Å². The second kappa shape index (κ2) is 8.62. The van der Waals surface area contributed by atoms with Crippen LogP contribution in [0.15, 0.2) is 54.2 Å². The fourth-order valence-electron chi connectivity index (χ4n) is 3.07. The molecule has 0 aromatic heterocycles. The molecule has 4 nitrogen and oxygen atoms in total. The summed E-state index contributed by atoms with van der Waals surface area (Å²) >= 11 is 0. The van der Waals surface area contributed by atoms with E-state index in [2.05, 4.69) is 5.32 Å². The Balaban J connectivity index is 1.89. The van der Waals surface area contributed by atoms with E-state index in [9.17, 15) is 14.0 Å². The first-order valence-electron chi connectivity index (χ1n) is 9.18. The minimum atomic E-state index is -0.439. The second-order valence-electron chi connectivity index (χ2n) is 6.75. The van der Waals surface area contributed by atoms with Crippen LogP contribution in [0.25, 0.3) is 6.08 Å². The topological polar surface area (TPSA) is 49.4 Å². The van der Waals surface area contributed by atoms with Crippen LogP contribution in [0.1, 0.15) is 40.7 Å². The molecule has 1 fully saturated rings. The Labute approximate surface area is 158 Å². The molecule has 0 radical (unpaired) electrons. The molecule has 5 heteroatoms. The molecule has 2 aromatic rings. The van der Waals surface area contributed by atoms with Crippen molar-refractivity contribution in [3.8, 4) is 0 Å². The number of amides is 2. The van der Waals surface area contributed by atoms with Gasteiger partial charge in [0, 0.05) is 24.2 Å². The molecule has 0 bridgehead atoms. The maximum atomic E-state index is 14.1. The number of benzene rings is 2. The van der Waals surface area contributed by atoms with Gasteiger partial charge in [0.15, 0.2) is 0 Å². The zero-order chi connectivity index (χ0) is 19.2. The Hall–Kier alpha value is -2.95. The SMILES string of the molecule is Cc1ccc(C(=O)N/C(=C/c2ccccc2F)C(=O)N2CCCCC2)cc1. The van der Waals surface area contributed by atoms with Crippen molar-refractivity contribution >= 4 is 17.9 Å². The van der Waals surface area contributed by atoms with Crippen LogP contribution in [0.4, 0.5) is 4.39 Å². The average Bonchev–Trinajstić information content (AvgIpc) is 2.69. The van der Waals surface area contributed by atoms with Gasteiger partial charge in [-0.15, -0.1) is 0 Å². The van der Waals surface area contributed by atoms with Gasteiger partial charge in [-0.25, -0.2) is 4.39 Å². The van der Waals surface area contributed by atoms with E-state index in [-0.39, 0.29) is 23.1 Å². The number of hydrogen-bond acceptors (Lipinski definition) is 2. The van der Waals surface area contributed by atoms with Crippen molar-refractivity contribution in [3.63, 3.8) is 0 Å². The summed E-state index contributed by atoms with van der Waals surface area (Å²) in [4.78, 5) is 27.3. The van der Waals surface area contributed by atoms with Crippen LogP contribution >= 0.6 is 0 Å². The van der Waals surface area contributed by atoms with Crippen LogP contribution in [0.2, 0.25) is 0 Å². The second-order valence-corrected chi connectivity index (χ2v) is 6.75. The predicted molar refractivity (Wildman–Crippen MR) is 103 cm³/mol. The van der Waals surface area contributed by atoms with Crippen molar-refractivity contribution in [2.45, 2.75) is 26.2 Å². The lowest BCUT2D eigenvalue weighted by atomic mass is 10.1. The van der Waals surface area contributed by atoms with Crippen LogP contribution < -0.4 is 5.32 Å². The number of aryl methyl sites for hydroxylation is 1. The minimum Gasteiger partial charge on any atom is -0.337 e. The van der Waals surface area contributed by atoms with Crippen LogP contribution in [0, 0.1) is 12.7 Å². The van der Waals surface area contributed by atoms with Crippen LogP contribution in [-0.2, 0) is 4.79 Å². The Morgan fingerprint density at radius 2 is 1.67 bits per heavy atom. The van der Waals surface area contributed by atoms with E-state index in [1.165, 1.54) is 12.1 Å². The van der Waals surface area contributed by atoms with E-state index in [0.29, 0.717) is 18.7 Å². The third-order valence-electron chi connectivity index (χ3n) is 4.64. The van der Waals surface area contributed by atoms with Gasteiger partial charge in [-0.1, -0.05) is 35.9 Å². The van der Waals surface area contributed by atoms with Gasteiger partial charge in [0.1, 0.15) is 11.5 Å². The zero-order valence-corrected chi connectivity index (χ0v) is 15.4. The van der Waals surface area contributed by atoms with E-state index >= 15 is 0 Å². The number of carbonyl (C=O) groups excluding carboxylic acids is 2. The number of nitrogens with one attached hydrogen (secondary N) is 1. The lowest BCUT2D eigenvalue weighted by molar-refractivity contribution is -0.128. The Morgan fingerprint density at radius 1 is 1.00 bits per heavy atom. The first kappa shape index (κ1) is 18.8. The van der Waals surface area contributed by atoms with Gasteiger partial charge in [-0.05, 0) is 50.5 Å². The maximum Gasteiger partial charge on any atom is 0.270 e. The zero-order valence-electron chi connectivity index (χ0n) is 15.4. The average molecular weight is 366 g/mol. The van der Waals surface area contributed by atoms with Gasteiger partial charge in [-0.2, -0.15) is 0 Å². The van der Waals surface area contributed by atoms with E-state index in [1.54, 1.807) is 35.2 Å². The van der Waals surface area contributed by atoms with Crippen LogP contribution in [0.5, 0.6) is 0 Å². The lowest BCUT2D eigenvalue weighted by Gasteiger charge is -2.27. The molecule has 0 aliphatic carbocycles. The molecule has 1 heterocycles. The summed E-state index contributed by atoms with van der Waals surface area (Å²) < 4.78 is 14.1. The highest BCUT2D eigenvalue weighted by atomic mass is 19.1. The number of hydrogen-bond donors (Lipinski definition) is 1. The largest absolute Gasteiger partial charge is 0.337 e. The van der Waals surface area contributed by atoms with Gasteiger partial charge >= 0.3 is 0 Å². The molecule has 0 saturated carbocycles.